The van der Waals surface area contributed by atoms with E-state index in [0.717, 1.165) is 52.8 Å². The first-order valence-electron chi connectivity index (χ1n) is 9.75. The molecular formula is C23H21N5O. The van der Waals surface area contributed by atoms with E-state index in [1.807, 2.05) is 43.8 Å². The maximum Gasteiger partial charge on any atom is 0.168 e. The molecule has 0 spiro atoms. The highest BCUT2D eigenvalue weighted by Gasteiger charge is 2.14. The minimum atomic E-state index is 0.0922. The highest BCUT2D eigenvalue weighted by atomic mass is 16.1. The number of hydrogen-bond acceptors (Lipinski definition) is 5. The number of aromatic nitrogens is 4. The van der Waals surface area contributed by atoms with Crippen molar-refractivity contribution in [2.24, 2.45) is 7.05 Å². The Hall–Kier alpha value is -3.38. The summed E-state index contributed by atoms with van der Waals surface area (Å²) in [7, 11) is 1.89. The summed E-state index contributed by atoms with van der Waals surface area (Å²) in [5, 5.41) is 8.55. The number of Topliss-reactive ketones (excluding diaryl/α,β-unsaturated/α-hetero) is 1. The molecular weight excluding hydrogens is 362 g/mol. The van der Waals surface area contributed by atoms with Crippen LogP contribution in [0.5, 0.6) is 0 Å². The van der Waals surface area contributed by atoms with Gasteiger partial charge in [0.15, 0.2) is 5.78 Å². The molecule has 6 heteroatoms. The van der Waals surface area contributed by atoms with E-state index < -0.39 is 0 Å². The van der Waals surface area contributed by atoms with Crippen molar-refractivity contribution >= 4 is 16.7 Å². The highest BCUT2D eigenvalue weighted by Crippen LogP contribution is 2.23. The summed E-state index contributed by atoms with van der Waals surface area (Å²) in [6, 6.07) is 10.1. The van der Waals surface area contributed by atoms with Crippen LogP contribution in [0.2, 0.25) is 0 Å². The normalized spacial score (nSPS) is 13.4. The summed E-state index contributed by atoms with van der Waals surface area (Å²) >= 11 is 0. The third-order valence-corrected chi connectivity index (χ3v) is 5.42. The van der Waals surface area contributed by atoms with Crippen LogP contribution in [0, 0.1) is 0 Å². The summed E-state index contributed by atoms with van der Waals surface area (Å²) in [5.74, 6) is 0.0922. The second-order valence-corrected chi connectivity index (χ2v) is 7.51. The standard InChI is InChI=1S/C23H21N5O/c1-28-14-20(12-27-28)19-7-18-8-21(25-13-22(18)26-11-19)9-23(29)16-2-3-17-10-24-5-4-15(17)6-16/h2-3,6-8,11-14,24H,4-5,9-10H2,1H3. The number of nitrogens with one attached hydrogen (secondary N) is 1. The smallest absolute Gasteiger partial charge is 0.168 e. The zero-order chi connectivity index (χ0) is 19.8. The van der Waals surface area contributed by atoms with Gasteiger partial charge < -0.3 is 5.32 Å². The first kappa shape index (κ1) is 17.7. The van der Waals surface area contributed by atoms with Crippen molar-refractivity contribution in [2.45, 2.75) is 19.4 Å². The molecule has 0 bridgehead atoms. The average Bonchev–Trinajstić information content (AvgIpc) is 3.19. The molecule has 6 nitrogen and oxygen atoms in total. The SMILES string of the molecule is Cn1cc(-c2cnc3cnc(CC(=O)c4ccc5c(c4)CCNC5)cc3c2)cn1. The molecule has 0 saturated carbocycles. The van der Waals surface area contributed by atoms with Gasteiger partial charge in [0, 0.05) is 53.8 Å². The topological polar surface area (TPSA) is 72.7 Å². The summed E-state index contributed by atoms with van der Waals surface area (Å²) in [4.78, 5) is 21.8. The number of rotatable bonds is 4. The van der Waals surface area contributed by atoms with E-state index in [0.29, 0.717) is 0 Å². The van der Waals surface area contributed by atoms with Crippen molar-refractivity contribution in [3.05, 3.63) is 77.5 Å². The van der Waals surface area contributed by atoms with Crippen LogP contribution in [0.25, 0.3) is 22.0 Å². The molecule has 0 radical (unpaired) electrons. The fraction of sp³-hybridized carbons (Fsp3) is 0.217. The van der Waals surface area contributed by atoms with Crippen molar-refractivity contribution in [1.29, 1.82) is 0 Å². The minimum absolute atomic E-state index is 0.0922. The highest BCUT2D eigenvalue weighted by molar-refractivity contribution is 5.98. The van der Waals surface area contributed by atoms with Crippen LogP contribution in [0.15, 0.2) is 55.1 Å². The lowest BCUT2D eigenvalue weighted by atomic mass is 9.95. The number of nitrogens with zero attached hydrogens (tertiary/aromatic N) is 4. The van der Waals surface area contributed by atoms with E-state index in [9.17, 15) is 4.79 Å². The molecule has 3 aromatic heterocycles. The third-order valence-electron chi connectivity index (χ3n) is 5.42. The fourth-order valence-electron chi connectivity index (χ4n) is 3.82. The number of pyridine rings is 2. The van der Waals surface area contributed by atoms with Gasteiger partial charge in [-0.05, 0) is 42.3 Å². The molecule has 1 aliphatic rings. The van der Waals surface area contributed by atoms with Gasteiger partial charge in [0.05, 0.1) is 24.3 Å². The number of benzene rings is 1. The third kappa shape index (κ3) is 3.54. The van der Waals surface area contributed by atoms with Crippen LogP contribution >= 0.6 is 0 Å². The van der Waals surface area contributed by atoms with Crippen molar-refractivity contribution in [1.82, 2.24) is 25.1 Å². The van der Waals surface area contributed by atoms with Crippen molar-refractivity contribution in [2.75, 3.05) is 6.54 Å². The van der Waals surface area contributed by atoms with Gasteiger partial charge >= 0.3 is 0 Å². The van der Waals surface area contributed by atoms with Crippen molar-refractivity contribution in [3.63, 3.8) is 0 Å². The number of aryl methyl sites for hydroxylation is 1. The molecule has 5 rings (SSSR count). The van der Waals surface area contributed by atoms with Gasteiger partial charge in [-0.2, -0.15) is 5.10 Å². The molecule has 0 amide bonds. The van der Waals surface area contributed by atoms with Gasteiger partial charge in [0.1, 0.15) is 0 Å². The lowest BCUT2D eigenvalue weighted by Crippen LogP contribution is -2.23. The van der Waals surface area contributed by atoms with Gasteiger partial charge in [-0.15, -0.1) is 0 Å². The Labute approximate surface area is 168 Å². The quantitative estimate of drug-likeness (QED) is 0.548. The minimum Gasteiger partial charge on any atom is -0.312 e. The van der Waals surface area contributed by atoms with E-state index in [4.69, 9.17) is 0 Å². The second kappa shape index (κ2) is 7.22. The Morgan fingerprint density at radius 2 is 2.00 bits per heavy atom. The predicted molar refractivity (Wildman–Crippen MR) is 112 cm³/mol. The van der Waals surface area contributed by atoms with E-state index in [1.165, 1.54) is 11.1 Å². The molecule has 4 aromatic rings. The van der Waals surface area contributed by atoms with Crippen LogP contribution < -0.4 is 5.32 Å². The molecule has 0 atom stereocenters. The Balaban J connectivity index is 1.42. The first-order valence-corrected chi connectivity index (χ1v) is 9.75. The number of ketones is 1. The van der Waals surface area contributed by atoms with Gasteiger partial charge in [0.2, 0.25) is 0 Å². The van der Waals surface area contributed by atoms with Gasteiger partial charge in [-0.1, -0.05) is 12.1 Å². The van der Waals surface area contributed by atoms with Crippen LogP contribution in [0.1, 0.15) is 27.2 Å². The Morgan fingerprint density at radius 1 is 1.07 bits per heavy atom. The largest absolute Gasteiger partial charge is 0.312 e. The summed E-state index contributed by atoms with van der Waals surface area (Å²) in [6.45, 7) is 1.84. The number of fused-ring (bicyclic) bond motifs is 2. The average molecular weight is 383 g/mol. The molecule has 144 valence electrons. The summed E-state index contributed by atoms with van der Waals surface area (Å²) in [5.41, 5.74) is 6.89. The Morgan fingerprint density at radius 3 is 2.86 bits per heavy atom. The molecule has 0 fully saturated rings. The van der Waals surface area contributed by atoms with E-state index in [1.54, 1.807) is 10.9 Å². The molecule has 1 N–H and O–H groups in total. The van der Waals surface area contributed by atoms with Gasteiger partial charge in [-0.3, -0.25) is 19.4 Å². The van der Waals surface area contributed by atoms with Crippen LogP contribution in [0.4, 0.5) is 0 Å². The molecule has 29 heavy (non-hydrogen) atoms. The predicted octanol–water partition coefficient (Wildman–Crippen LogP) is 3.10. The maximum absolute atomic E-state index is 12.8. The van der Waals surface area contributed by atoms with Crippen LogP contribution in [-0.4, -0.2) is 32.1 Å². The second-order valence-electron chi connectivity index (χ2n) is 7.51. The number of carbonyl (C=O) groups is 1. The Bertz CT molecular complexity index is 1230. The zero-order valence-electron chi connectivity index (χ0n) is 16.2. The molecule has 1 aliphatic heterocycles. The molecule has 4 heterocycles. The molecule has 0 aliphatic carbocycles. The van der Waals surface area contributed by atoms with Gasteiger partial charge in [-0.25, -0.2) is 0 Å². The van der Waals surface area contributed by atoms with E-state index in [2.05, 4.69) is 32.5 Å². The molecule has 0 unspecified atom stereocenters. The van der Waals surface area contributed by atoms with Crippen LogP contribution in [0.3, 0.4) is 0 Å². The molecule has 0 saturated heterocycles. The van der Waals surface area contributed by atoms with Crippen LogP contribution in [-0.2, 0) is 26.4 Å². The lowest BCUT2D eigenvalue weighted by molar-refractivity contribution is 0.0992. The first-order chi connectivity index (χ1) is 14.2. The van der Waals surface area contributed by atoms with Gasteiger partial charge in [0.25, 0.3) is 0 Å². The monoisotopic (exact) mass is 383 g/mol. The number of carbonyl (C=O) groups excluding carboxylic acids is 1. The summed E-state index contributed by atoms with van der Waals surface area (Å²) < 4.78 is 1.77. The molecule has 1 aromatic carbocycles. The van der Waals surface area contributed by atoms with Crippen molar-refractivity contribution < 1.29 is 4.79 Å². The zero-order valence-corrected chi connectivity index (χ0v) is 16.2. The number of hydrogen-bond donors (Lipinski definition) is 1. The lowest BCUT2D eigenvalue weighted by Gasteiger charge is -2.17. The fourth-order valence-corrected chi connectivity index (χ4v) is 3.82. The maximum atomic E-state index is 12.8. The van der Waals surface area contributed by atoms with E-state index >= 15 is 0 Å². The summed E-state index contributed by atoms with van der Waals surface area (Å²) in [6.07, 6.45) is 8.59. The van der Waals surface area contributed by atoms with Crippen molar-refractivity contribution in [3.8, 4) is 11.1 Å². The Kier molecular flexibility index (Phi) is 4.41. The van der Waals surface area contributed by atoms with E-state index in [-0.39, 0.29) is 12.2 Å².